The van der Waals surface area contributed by atoms with Gasteiger partial charge < -0.3 is 5.11 Å². The first kappa shape index (κ1) is 12.2. The van der Waals surface area contributed by atoms with E-state index < -0.39 is 0 Å². The molecule has 98 valence electrons. The quantitative estimate of drug-likeness (QED) is 0.769. The van der Waals surface area contributed by atoms with Crippen LogP contribution in [0.1, 0.15) is 43.4 Å². The van der Waals surface area contributed by atoms with Crippen molar-refractivity contribution in [2.24, 2.45) is 5.92 Å². The van der Waals surface area contributed by atoms with E-state index in [0.29, 0.717) is 6.04 Å². The predicted octanol–water partition coefficient (Wildman–Crippen LogP) is 2.77. The number of nitrogens with zero attached hydrogens (tertiary/aromatic N) is 1. The Balaban J connectivity index is 1.85. The van der Waals surface area contributed by atoms with Crippen LogP contribution in [-0.4, -0.2) is 29.1 Å². The highest BCUT2D eigenvalue weighted by molar-refractivity contribution is 5.31. The average molecular weight is 245 g/mol. The molecule has 0 saturated carbocycles. The third-order valence-corrected chi connectivity index (χ3v) is 4.61. The second-order valence-corrected chi connectivity index (χ2v) is 5.99. The molecule has 0 bridgehead atoms. The van der Waals surface area contributed by atoms with Crippen molar-refractivity contribution in [2.45, 2.75) is 44.8 Å². The van der Waals surface area contributed by atoms with Gasteiger partial charge in [-0.05, 0) is 49.3 Å². The summed E-state index contributed by atoms with van der Waals surface area (Å²) in [4.78, 5) is 2.51. The number of rotatable bonds is 1. The number of hydrogen-bond acceptors (Lipinski definition) is 2. The lowest BCUT2D eigenvalue weighted by atomic mass is 9.98. The fraction of sp³-hybridized carbons (Fsp3) is 0.625. The summed E-state index contributed by atoms with van der Waals surface area (Å²) in [6.45, 7) is 4.63. The van der Waals surface area contributed by atoms with E-state index in [1.807, 2.05) is 0 Å². The largest absolute Gasteiger partial charge is 0.387 e. The minimum Gasteiger partial charge on any atom is -0.387 e. The Kier molecular flexibility index (Phi) is 3.40. The molecular weight excluding hydrogens is 222 g/mol. The van der Waals surface area contributed by atoms with E-state index in [0.717, 1.165) is 31.8 Å². The zero-order valence-corrected chi connectivity index (χ0v) is 11.2. The van der Waals surface area contributed by atoms with E-state index in [-0.39, 0.29) is 6.10 Å². The molecule has 3 atom stereocenters. The van der Waals surface area contributed by atoms with Crippen LogP contribution in [0.3, 0.4) is 0 Å². The molecule has 0 amide bonds. The molecule has 0 spiro atoms. The van der Waals surface area contributed by atoms with Gasteiger partial charge in [0.1, 0.15) is 0 Å². The van der Waals surface area contributed by atoms with E-state index in [9.17, 15) is 5.11 Å². The molecule has 2 heteroatoms. The lowest BCUT2D eigenvalue weighted by Gasteiger charge is -2.31. The second kappa shape index (κ2) is 5.02. The van der Waals surface area contributed by atoms with Gasteiger partial charge in [0, 0.05) is 12.6 Å². The van der Waals surface area contributed by atoms with Crippen LogP contribution < -0.4 is 0 Å². The summed E-state index contributed by atoms with van der Waals surface area (Å²) in [5.41, 5.74) is 2.51. The van der Waals surface area contributed by atoms with Gasteiger partial charge in [0.25, 0.3) is 0 Å². The maximum absolute atomic E-state index is 10.7. The van der Waals surface area contributed by atoms with Crippen LogP contribution in [0.25, 0.3) is 0 Å². The third kappa shape index (κ3) is 2.19. The number of aliphatic hydroxyl groups is 1. The van der Waals surface area contributed by atoms with Crippen molar-refractivity contribution in [2.75, 3.05) is 13.1 Å². The van der Waals surface area contributed by atoms with Crippen LogP contribution in [0, 0.1) is 5.92 Å². The number of likely N-dealkylation sites (tertiary alicyclic amines) is 1. The molecule has 3 unspecified atom stereocenters. The maximum atomic E-state index is 10.7. The van der Waals surface area contributed by atoms with Crippen molar-refractivity contribution in [3.8, 4) is 0 Å². The predicted molar refractivity (Wildman–Crippen MR) is 73.5 cm³/mol. The zero-order valence-electron chi connectivity index (χ0n) is 11.2. The normalized spacial score (nSPS) is 33.1. The molecule has 1 aromatic rings. The molecule has 1 fully saturated rings. The minimum atomic E-state index is -0.297. The van der Waals surface area contributed by atoms with E-state index in [4.69, 9.17) is 0 Å². The Morgan fingerprint density at radius 3 is 2.83 bits per heavy atom. The first-order valence-electron chi connectivity index (χ1n) is 7.25. The highest BCUT2D eigenvalue weighted by atomic mass is 16.3. The van der Waals surface area contributed by atoms with Gasteiger partial charge in [-0.15, -0.1) is 0 Å². The Hall–Kier alpha value is -0.860. The van der Waals surface area contributed by atoms with Crippen LogP contribution in [0.15, 0.2) is 24.3 Å². The summed E-state index contributed by atoms with van der Waals surface area (Å²) in [6, 6.07) is 8.75. The summed E-state index contributed by atoms with van der Waals surface area (Å²) in [5.74, 6) is 0.788. The minimum absolute atomic E-state index is 0.297. The van der Waals surface area contributed by atoms with Gasteiger partial charge in [0.2, 0.25) is 0 Å². The van der Waals surface area contributed by atoms with Gasteiger partial charge in [-0.25, -0.2) is 0 Å². The number of aryl methyl sites for hydroxylation is 1. The van der Waals surface area contributed by atoms with E-state index in [1.165, 1.54) is 24.0 Å². The third-order valence-electron chi connectivity index (χ3n) is 4.61. The lowest BCUT2D eigenvalue weighted by molar-refractivity contribution is 0.0564. The molecule has 3 rings (SSSR count). The second-order valence-electron chi connectivity index (χ2n) is 5.99. The van der Waals surface area contributed by atoms with E-state index >= 15 is 0 Å². The fourth-order valence-corrected chi connectivity index (χ4v) is 3.57. The molecule has 1 aromatic carbocycles. The smallest absolute Gasteiger partial charge is 0.0947 e. The average Bonchev–Trinajstić information content (AvgIpc) is 2.73. The molecule has 1 heterocycles. The van der Waals surface area contributed by atoms with Gasteiger partial charge >= 0.3 is 0 Å². The van der Waals surface area contributed by atoms with Crippen LogP contribution in [-0.2, 0) is 6.42 Å². The zero-order chi connectivity index (χ0) is 12.5. The van der Waals surface area contributed by atoms with Crippen molar-refractivity contribution in [3.05, 3.63) is 35.4 Å². The fourth-order valence-electron chi connectivity index (χ4n) is 3.57. The molecule has 0 aromatic heterocycles. The number of benzene rings is 1. The lowest BCUT2D eigenvalue weighted by Crippen LogP contribution is -2.37. The topological polar surface area (TPSA) is 23.5 Å². The van der Waals surface area contributed by atoms with E-state index in [2.05, 4.69) is 36.1 Å². The molecule has 1 N–H and O–H groups in total. The molecule has 1 saturated heterocycles. The van der Waals surface area contributed by atoms with Crippen LogP contribution in [0.5, 0.6) is 0 Å². The monoisotopic (exact) mass is 245 g/mol. The van der Waals surface area contributed by atoms with Gasteiger partial charge in [-0.2, -0.15) is 0 Å². The molecule has 2 nitrogen and oxygen atoms in total. The number of aliphatic hydroxyl groups excluding tert-OH is 1. The SMILES string of the molecule is CC1CCN(C2CCCc3ccccc3C2O)C1. The van der Waals surface area contributed by atoms with E-state index in [1.54, 1.807) is 0 Å². The first-order valence-corrected chi connectivity index (χ1v) is 7.25. The van der Waals surface area contributed by atoms with Gasteiger partial charge in [0.05, 0.1) is 6.10 Å². The number of fused-ring (bicyclic) bond motifs is 1. The Bertz CT molecular complexity index is 417. The number of hydrogen-bond donors (Lipinski definition) is 1. The van der Waals surface area contributed by atoms with Crippen LogP contribution in [0.2, 0.25) is 0 Å². The van der Waals surface area contributed by atoms with Crippen molar-refractivity contribution in [1.29, 1.82) is 0 Å². The summed E-state index contributed by atoms with van der Waals surface area (Å²) < 4.78 is 0. The molecule has 18 heavy (non-hydrogen) atoms. The molecule has 2 aliphatic rings. The van der Waals surface area contributed by atoms with Gasteiger partial charge in [-0.3, -0.25) is 4.90 Å². The van der Waals surface area contributed by atoms with Crippen molar-refractivity contribution in [1.82, 2.24) is 4.90 Å². The summed E-state index contributed by atoms with van der Waals surface area (Å²) in [6.07, 6.45) is 4.43. The summed E-state index contributed by atoms with van der Waals surface area (Å²) >= 11 is 0. The van der Waals surface area contributed by atoms with Crippen molar-refractivity contribution >= 4 is 0 Å². The highest BCUT2D eigenvalue weighted by Gasteiger charge is 2.33. The molecule has 0 radical (unpaired) electrons. The van der Waals surface area contributed by atoms with Gasteiger partial charge in [0.15, 0.2) is 0 Å². The molecule has 1 aliphatic carbocycles. The Morgan fingerprint density at radius 2 is 2.06 bits per heavy atom. The highest BCUT2D eigenvalue weighted by Crippen LogP contribution is 2.34. The Labute approximate surface area is 110 Å². The molecule has 1 aliphatic heterocycles. The Morgan fingerprint density at radius 1 is 1.22 bits per heavy atom. The summed E-state index contributed by atoms with van der Waals surface area (Å²) in [5, 5.41) is 10.7. The van der Waals surface area contributed by atoms with Crippen LogP contribution >= 0.6 is 0 Å². The van der Waals surface area contributed by atoms with Crippen molar-refractivity contribution in [3.63, 3.8) is 0 Å². The summed E-state index contributed by atoms with van der Waals surface area (Å²) in [7, 11) is 0. The first-order chi connectivity index (χ1) is 8.75. The standard InChI is InChI=1S/C16H23NO/c1-12-9-10-17(11-12)15-8-4-6-13-5-2-3-7-14(13)16(15)18/h2-3,5,7,12,15-16,18H,4,6,8-11H2,1H3. The van der Waals surface area contributed by atoms with Crippen molar-refractivity contribution < 1.29 is 5.11 Å². The molecular formula is C16H23NO. The van der Waals surface area contributed by atoms with Crippen LogP contribution in [0.4, 0.5) is 0 Å². The maximum Gasteiger partial charge on any atom is 0.0947 e. The van der Waals surface area contributed by atoms with Gasteiger partial charge in [-0.1, -0.05) is 31.2 Å².